The first kappa shape index (κ1) is 13.5. The number of pyridine rings is 1. The Bertz CT molecular complexity index is 454. The van der Waals surface area contributed by atoms with Crippen LogP contribution in [0.2, 0.25) is 0 Å². The molecule has 2 heteroatoms. The average Bonchev–Trinajstić information content (AvgIpc) is 2.41. The molecule has 1 aromatic rings. The first-order chi connectivity index (χ1) is 7.98. The molecule has 2 nitrogen and oxygen atoms in total. The van der Waals surface area contributed by atoms with Gasteiger partial charge in [0.25, 0.3) is 0 Å². The third-order valence-corrected chi connectivity index (χ3v) is 2.67. The van der Waals surface area contributed by atoms with E-state index in [-0.39, 0.29) is 5.41 Å². The van der Waals surface area contributed by atoms with Crippen molar-refractivity contribution in [2.45, 2.75) is 34.6 Å². The molecule has 0 aliphatic heterocycles. The van der Waals surface area contributed by atoms with Gasteiger partial charge in [-0.2, -0.15) is 0 Å². The second kappa shape index (κ2) is 5.17. The number of hydrogen-bond donors (Lipinski definition) is 1. The van der Waals surface area contributed by atoms with Crippen molar-refractivity contribution in [2.24, 2.45) is 5.41 Å². The minimum absolute atomic E-state index is 0.0852. The molecule has 0 saturated heterocycles. The molecule has 0 saturated carbocycles. The van der Waals surface area contributed by atoms with Crippen LogP contribution in [0.3, 0.4) is 0 Å². The summed E-state index contributed by atoms with van der Waals surface area (Å²) in [6, 6.07) is 1.91. The highest BCUT2D eigenvalue weighted by Gasteiger charge is 2.14. The second-order valence-electron chi connectivity index (χ2n) is 4.65. The Morgan fingerprint density at radius 2 is 1.71 bits per heavy atom. The zero-order valence-electron chi connectivity index (χ0n) is 11.4. The molecule has 0 fully saturated rings. The van der Waals surface area contributed by atoms with Crippen LogP contribution < -0.4 is 5.73 Å². The van der Waals surface area contributed by atoms with E-state index in [0.29, 0.717) is 5.82 Å². The molecule has 0 atom stereocenters. The van der Waals surface area contributed by atoms with E-state index >= 15 is 0 Å². The lowest BCUT2D eigenvalue weighted by atomic mass is 9.93. The van der Waals surface area contributed by atoms with Crippen molar-refractivity contribution in [1.29, 1.82) is 0 Å². The molecule has 0 radical (unpaired) electrons. The van der Waals surface area contributed by atoms with Crippen LogP contribution in [0.5, 0.6) is 0 Å². The first-order valence-corrected chi connectivity index (χ1v) is 6.13. The number of allylic oxidation sites excluding steroid dienone is 2. The van der Waals surface area contributed by atoms with Crippen molar-refractivity contribution in [1.82, 2.24) is 4.98 Å². The monoisotopic (exact) mass is 230 g/mol. The number of rotatable bonds is 0. The van der Waals surface area contributed by atoms with Crippen LogP contribution >= 0.6 is 0 Å². The van der Waals surface area contributed by atoms with Gasteiger partial charge >= 0.3 is 0 Å². The summed E-state index contributed by atoms with van der Waals surface area (Å²) in [4.78, 5) is 4.34. The minimum Gasteiger partial charge on any atom is -0.384 e. The predicted octanol–water partition coefficient (Wildman–Crippen LogP) is 4.06. The highest BCUT2D eigenvalue weighted by atomic mass is 14.8. The van der Waals surface area contributed by atoms with Crippen LogP contribution in [0.15, 0.2) is 18.2 Å². The third kappa shape index (κ3) is 3.19. The van der Waals surface area contributed by atoms with Gasteiger partial charge in [-0.1, -0.05) is 45.9 Å². The molecule has 2 rings (SSSR count). The summed E-state index contributed by atoms with van der Waals surface area (Å²) < 4.78 is 0. The zero-order chi connectivity index (χ0) is 13.1. The van der Waals surface area contributed by atoms with Crippen molar-refractivity contribution in [3.63, 3.8) is 0 Å². The summed E-state index contributed by atoms with van der Waals surface area (Å²) in [5.41, 5.74) is 9.13. The van der Waals surface area contributed by atoms with E-state index in [1.54, 1.807) is 0 Å². The number of aromatic nitrogens is 1. The molecular formula is C15H22N2. The van der Waals surface area contributed by atoms with Gasteiger partial charge in [0.2, 0.25) is 0 Å². The summed E-state index contributed by atoms with van der Waals surface area (Å²) in [5, 5.41) is 0. The maximum atomic E-state index is 5.73. The van der Waals surface area contributed by atoms with Crippen molar-refractivity contribution >= 4 is 18.0 Å². The fraction of sp³-hybridized carbons (Fsp3) is 0.400. The molecule has 0 bridgehead atoms. The van der Waals surface area contributed by atoms with Crippen LogP contribution in [-0.2, 0) is 0 Å². The van der Waals surface area contributed by atoms with Crippen LogP contribution in [-0.4, -0.2) is 4.98 Å². The summed E-state index contributed by atoms with van der Waals surface area (Å²) in [6.45, 7) is 10.4. The zero-order valence-corrected chi connectivity index (χ0v) is 11.4. The molecule has 1 aliphatic rings. The number of aryl methyl sites for hydroxylation is 1. The van der Waals surface area contributed by atoms with E-state index in [4.69, 9.17) is 5.73 Å². The van der Waals surface area contributed by atoms with Crippen molar-refractivity contribution < 1.29 is 0 Å². The Labute approximate surface area is 104 Å². The summed E-state index contributed by atoms with van der Waals surface area (Å²) >= 11 is 0. The lowest BCUT2D eigenvalue weighted by Gasteiger charge is -2.11. The molecule has 0 spiro atoms. The van der Waals surface area contributed by atoms with E-state index in [1.165, 1.54) is 11.1 Å². The molecule has 0 amide bonds. The van der Waals surface area contributed by atoms with E-state index in [1.807, 2.05) is 19.9 Å². The molecule has 1 heterocycles. The van der Waals surface area contributed by atoms with E-state index in [9.17, 15) is 0 Å². The highest BCUT2D eigenvalue weighted by molar-refractivity contribution is 5.69. The van der Waals surface area contributed by atoms with E-state index in [2.05, 4.69) is 50.1 Å². The normalized spacial score (nSPS) is 15.6. The highest BCUT2D eigenvalue weighted by Crippen LogP contribution is 2.28. The standard InChI is InChI=1S/C13H16N2.C2H6/c1-9-8-12(14)15-11-5-7-13(2,3)6-4-10(9)11;1-2/h4-8H,1-3H3,(H2,14,15);1-2H3. The molecular weight excluding hydrogens is 208 g/mol. The maximum absolute atomic E-state index is 5.73. The van der Waals surface area contributed by atoms with Crippen molar-refractivity contribution in [3.8, 4) is 0 Å². The quantitative estimate of drug-likeness (QED) is 0.729. The Morgan fingerprint density at radius 1 is 1.12 bits per heavy atom. The molecule has 0 aromatic carbocycles. The lowest BCUT2D eigenvalue weighted by Crippen LogP contribution is -2.00. The Morgan fingerprint density at radius 3 is 2.35 bits per heavy atom. The number of nitrogens with zero attached hydrogens (tertiary/aromatic N) is 1. The van der Waals surface area contributed by atoms with Gasteiger partial charge in [-0.25, -0.2) is 4.98 Å². The van der Waals surface area contributed by atoms with Crippen LogP contribution in [0.4, 0.5) is 5.82 Å². The fourth-order valence-corrected chi connectivity index (χ4v) is 1.72. The van der Waals surface area contributed by atoms with Gasteiger partial charge in [-0.05, 0) is 24.6 Å². The number of nitrogens with two attached hydrogens (primary N) is 1. The largest absolute Gasteiger partial charge is 0.384 e. The van der Waals surface area contributed by atoms with E-state index in [0.717, 1.165) is 5.69 Å². The molecule has 1 aliphatic carbocycles. The molecule has 0 unspecified atom stereocenters. The molecule has 17 heavy (non-hydrogen) atoms. The second-order valence-corrected chi connectivity index (χ2v) is 4.65. The van der Waals surface area contributed by atoms with Gasteiger partial charge in [-0.3, -0.25) is 0 Å². The Balaban J connectivity index is 0.000000686. The Kier molecular flexibility index (Phi) is 4.11. The number of nitrogen functional groups attached to an aromatic ring is 1. The lowest BCUT2D eigenvalue weighted by molar-refractivity contribution is 0.633. The third-order valence-electron chi connectivity index (χ3n) is 2.67. The first-order valence-electron chi connectivity index (χ1n) is 6.13. The number of fused-ring (bicyclic) bond motifs is 1. The fourth-order valence-electron chi connectivity index (χ4n) is 1.72. The smallest absolute Gasteiger partial charge is 0.124 e. The number of hydrogen-bond acceptors (Lipinski definition) is 2. The van der Waals surface area contributed by atoms with Crippen LogP contribution in [0.1, 0.15) is 44.5 Å². The molecule has 1 aromatic heterocycles. The van der Waals surface area contributed by atoms with E-state index < -0.39 is 0 Å². The van der Waals surface area contributed by atoms with Crippen molar-refractivity contribution in [2.75, 3.05) is 5.73 Å². The van der Waals surface area contributed by atoms with Gasteiger partial charge in [0.15, 0.2) is 0 Å². The van der Waals surface area contributed by atoms with Crippen LogP contribution in [0, 0.1) is 12.3 Å². The predicted molar refractivity (Wildman–Crippen MR) is 76.6 cm³/mol. The van der Waals surface area contributed by atoms with Gasteiger partial charge in [0.05, 0.1) is 5.69 Å². The minimum atomic E-state index is 0.0852. The topological polar surface area (TPSA) is 38.9 Å². The summed E-state index contributed by atoms with van der Waals surface area (Å²) in [7, 11) is 0. The van der Waals surface area contributed by atoms with Gasteiger partial charge in [-0.15, -0.1) is 0 Å². The molecule has 2 N–H and O–H groups in total. The summed E-state index contributed by atoms with van der Waals surface area (Å²) in [6.07, 6.45) is 8.54. The van der Waals surface area contributed by atoms with Gasteiger partial charge in [0, 0.05) is 11.0 Å². The van der Waals surface area contributed by atoms with Gasteiger partial charge in [0.1, 0.15) is 5.82 Å². The maximum Gasteiger partial charge on any atom is 0.124 e. The summed E-state index contributed by atoms with van der Waals surface area (Å²) in [5.74, 6) is 0.587. The van der Waals surface area contributed by atoms with Crippen LogP contribution in [0.25, 0.3) is 12.2 Å². The Hall–Kier alpha value is -1.57. The molecule has 92 valence electrons. The van der Waals surface area contributed by atoms with Gasteiger partial charge < -0.3 is 5.73 Å². The average molecular weight is 230 g/mol. The van der Waals surface area contributed by atoms with Crippen molar-refractivity contribution in [3.05, 3.63) is 35.0 Å². The SMILES string of the molecule is CC.Cc1cc(N)nc2c1C=CC(C)(C)C=C2. The number of anilines is 1.